The van der Waals surface area contributed by atoms with Crippen LogP contribution in [0.1, 0.15) is 37.7 Å². The van der Waals surface area contributed by atoms with Crippen molar-refractivity contribution in [2.45, 2.75) is 38.3 Å². The first-order valence-corrected chi connectivity index (χ1v) is 7.45. The number of aromatic nitrogens is 2. The molecule has 2 heterocycles. The Morgan fingerprint density at radius 2 is 1.95 bits per heavy atom. The van der Waals surface area contributed by atoms with Gasteiger partial charge in [0.15, 0.2) is 5.82 Å². The van der Waals surface area contributed by atoms with E-state index in [1.807, 2.05) is 0 Å². The Bertz CT molecular complexity index is 647. The SMILES string of the molecule is ON(CC1CCCCC1)c1c(C(F)(F)F)ccc2cncn12. The van der Waals surface area contributed by atoms with Crippen LogP contribution in [0, 0.1) is 5.92 Å². The Morgan fingerprint density at radius 3 is 2.64 bits per heavy atom. The third-order valence-electron chi connectivity index (χ3n) is 4.26. The van der Waals surface area contributed by atoms with E-state index in [0.29, 0.717) is 5.52 Å². The Morgan fingerprint density at radius 1 is 1.23 bits per heavy atom. The van der Waals surface area contributed by atoms with Crippen LogP contribution in [0.15, 0.2) is 24.7 Å². The lowest BCUT2D eigenvalue weighted by Gasteiger charge is -2.28. The molecule has 0 spiro atoms. The molecule has 4 nitrogen and oxygen atoms in total. The minimum absolute atomic E-state index is 0.209. The molecule has 7 heteroatoms. The van der Waals surface area contributed by atoms with Gasteiger partial charge in [0.1, 0.15) is 6.33 Å². The van der Waals surface area contributed by atoms with Crippen LogP contribution in [-0.4, -0.2) is 21.1 Å². The maximum atomic E-state index is 13.2. The Balaban J connectivity index is 1.97. The molecule has 1 aliphatic carbocycles. The van der Waals surface area contributed by atoms with Crippen molar-refractivity contribution >= 4 is 11.3 Å². The van der Waals surface area contributed by atoms with Gasteiger partial charge >= 0.3 is 6.18 Å². The molecule has 1 fully saturated rings. The predicted molar refractivity (Wildman–Crippen MR) is 75.9 cm³/mol. The molecule has 120 valence electrons. The summed E-state index contributed by atoms with van der Waals surface area (Å²) in [5.41, 5.74) is -0.331. The highest BCUT2D eigenvalue weighted by molar-refractivity contribution is 5.59. The number of alkyl halides is 3. The van der Waals surface area contributed by atoms with Crippen molar-refractivity contribution in [2.24, 2.45) is 5.92 Å². The number of hydrogen-bond donors (Lipinski definition) is 1. The van der Waals surface area contributed by atoms with Gasteiger partial charge in [0.25, 0.3) is 0 Å². The van der Waals surface area contributed by atoms with E-state index in [2.05, 4.69) is 4.98 Å². The van der Waals surface area contributed by atoms with Crippen molar-refractivity contribution in [3.63, 3.8) is 0 Å². The lowest BCUT2D eigenvalue weighted by Crippen LogP contribution is -2.31. The van der Waals surface area contributed by atoms with Crippen LogP contribution in [0.25, 0.3) is 5.52 Å². The van der Waals surface area contributed by atoms with Gasteiger partial charge in [-0.1, -0.05) is 19.3 Å². The van der Waals surface area contributed by atoms with E-state index in [1.165, 1.54) is 23.0 Å². The second kappa shape index (κ2) is 5.79. The van der Waals surface area contributed by atoms with E-state index in [-0.39, 0.29) is 18.3 Å². The molecular formula is C15H18F3N3O. The first-order chi connectivity index (χ1) is 10.5. The molecule has 2 aromatic heterocycles. The second-order valence-corrected chi connectivity index (χ2v) is 5.84. The fraction of sp³-hybridized carbons (Fsp3) is 0.533. The van der Waals surface area contributed by atoms with Crippen molar-refractivity contribution in [3.05, 3.63) is 30.2 Å². The summed E-state index contributed by atoms with van der Waals surface area (Å²) in [6.07, 6.45) is 3.42. The van der Waals surface area contributed by atoms with Gasteiger partial charge in [-0.2, -0.15) is 13.2 Å². The van der Waals surface area contributed by atoms with Crippen molar-refractivity contribution in [3.8, 4) is 0 Å². The van der Waals surface area contributed by atoms with Crippen LogP contribution in [0.4, 0.5) is 19.0 Å². The van der Waals surface area contributed by atoms with Crippen LogP contribution in [0.3, 0.4) is 0 Å². The zero-order chi connectivity index (χ0) is 15.7. The topological polar surface area (TPSA) is 40.8 Å². The van der Waals surface area contributed by atoms with Gasteiger partial charge in [0.2, 0.25) is 0 Å². The normalized spacial score (nSPS) is 17.1. The number of nitrogens with zero attached hydrogens (tertiary/aromatic N) is 3. The first-order valence-electron chi connectivity index (χ1n) is 7.45. The van der Waals surface area contributed by atoms with Gasteiger partial charge in [-0.25, -0.2) is 10.0 Å². The van der Waals surface area contributed by atoms with Crippen LogP contribution in [-0.2, 0) is 6.18 Å². The standard InChI is InChI=1S/C15H18F3N3O/c16-15(17,18)13-7-6-12-8-19-10-20(12)14(13)21(22)9-11-4-2-1-3-5-11/h6-8,10-11,22H,1-5,9H2. The predicted octanol–water partition coefficient (Wildman–Crippen LogP) is 4.13. The summed E-state index contributed by atoms with van der Waals surface area (Å²) >= 11 is 0. The zero-order valence-electron chi connectivity index (χ0n) is 12.1. The second-order valence-electron chi connectivity index (χ2n) is 5.84. The highest BCUT2D eigenvalue weighted by Crippen LogP contribution is 2.37. The lowest BCUT2D eigenvalue weighted by atomic mass is 9.89. The molecule has 2 aromatic rings. The minimum atomic E-state index is -4.53. The van der Waals surface area contributed by atoms with Gasteiger partial charge in [-0.3, -0.25) is 9.61 Å². The molecule has 0 atom stereocenters. The number of halogens is 3. The summed E-state index contributed by atoms with van der Waals surface area (Å²) in [5, 5.41) is 11.1. The third-order valence-corrected chi connectivity index (χ3v) is 4.26. The minimum Gasteiger partial charge on any atom is -0.287 e. The van der Waals surface area contributed by atoms with E-state index >= 15 is 0 Å². The molecule has 1 N–H and O–H groups in total. The Kier molecular flexibility index (Phi) is 3.99. The summed E-state index contributed by atoms with van der Waals surface area (Å²) in [6, 6.07) is 2.35. The number of rotatable bonds is 3. The van der Waals surface area contributed by atoms with Crippen molar-refractivity contribution in [1.29, 1.82) is 0 Å². The first kappa shape index (κ1) is 15.1. The summed E-state index contributed by atoms with van der Waals surface area (Å²) < 4.78 is 41.0. The van der Waals surface area contributed by atoms with Gasteiger partial charge in [-0.15, -0.1) is 0 Å². The average molecular weight is 313 g/mol. The summed E-state index contributed by atoms with van der Waals surface area (Å²) in [6.45, 7) is 0.209. The van der Waals surface area contributed by atoms with E-state index in [0.717, 1.165) is 43.2 Å². The maximum Gasteiger partial charge on any atom is 0.419 e. The molecule has 0 saturated heterocycles. The number of fused-ring (bicyclic) bond motifs is 1. The van der Waals surface area contributed by atoms with Gasteiger partial charge in [0.05, 0.1) is 17.3 Å². The number of anilines is 1. The quantitative estimate of drug-likeness (QED) is 0.866. The molecule has 22 heavy (non-hydrogen) atoms. The van der Waals surface area contributed by atoms with Crippen molar-refractivity contribution in [1.82, 2.24) is 9.38 Å². The van der Waals surface area contributed by atoms with E-state index < -0.39 is 11.7 Å². The zero-order valence-corrected chi connectivity index (χ0v) is 12.1. The molecule has 1 saturated carbocycles. The van der Waals surface area contributed by atoms with Crippen LogP contribution in [0.5, 0.6) is 0 Å². The van der Waals surface area contributed by atoms with E-state index in [1.54, 1.807) is 0 Å². The highest BCUT2D eigenvalue weighted by Gasteiger charge is 2.36. The number of pyridine rings is 1. The molecule has 0 bridgehead atoms. The molecule has 0 aromatic carbocycles. The van der Waals surface area contributed by atoms with Crippen LogP contribution >= 0.6 is 0 Å². The summed E-state index contributed by atoms with van der Waals surface area (Å²) in [5.74, 6) is -0.0355. The van der Waals surface area contributed by atoms with Crippen LogP contribution in [0.2, 0.25) is 0 Å². The molecule has 0 unspecified atom stereocenters. The number of imidazole rings is 1. The maximum absolute atomic E-state index is 13.2. The molecule has 0 amide bonds. The molecule has 0 radical (unpaired) electrons. The number of hydroxylamine groups is 1. The summed E-state index contributed by atoms with van der Waals surface area (Å²) in [4.78, 5) is 3.87. The molecule has 3 rings (SSSR count). The third kappa shape index (κ3) is 2.90. The molecule has 0 aliphatic heterocycles. The smallest absolute Gasteiger partial charge is 0.287 e. The van der Waals surface area contributed by atoms with Crippen molar-refractivity contribution in [2.75, 3.05) is 11.6 Å². The van der Waals surface area contributed by atoms with Crippen molar-refractivity contribution < 1.29 is 18.4 Å². The average Bonchev–Trinajstić information content (AvgIpc) is 2.94. The van der Waals surface area contributed by atoms with E-state index in [4.69, 9.17) is 0 Å². The molecule has 1 aliphatic rings. The largest absolute Gasteiger partial charge is 0.419 e. The fourth-order valence-corrected chi connectivity index (χ4v) is 3.16. The summed E-state index contributed by atoms with van der Waals surface area (Å²) in [7, 11) is 0. The lowest BCUT2D eigenvalue weighted by molar-refractivity contribution is -0.137. The Hall–Kier alpha value is -1.76. The van der Waals surface area contributed by atoms with E-state index in [9.17, 15) is 18.4 Å². The molecular weight excluding hydrogens is 295 g/mol. The van der Waals surface area contributed by atoms with Gasteiger partial charge in [-0.05, 0) is 30.9 Å². The monoisotopic (exact) mass is 313 g/mol. The van der Waals surface area contributed by atoms with Gasteiger partial charge in [0, 0.05) is 6.54 Å². The highest BCUT2D eigenvalue weighted by atomic mass is 19.4. The Labute approximate surface area is 126 Å². The van der Waals surface area contributed by atoms with Crippen LogP contribution < -0.4 is 5.06 Å². The number of hydrogen-bond acceptors (Lipinski definition) is 3. The van der Waals surface area contributed by atoms with Gasteiger partial charge < -0.3 is 0 Å². The fourth-order valence-electron chi connectivity index (χ4n) is 3.16.